The molecule has 1 amide bonds. The first-order valence-electron chi connectivity index (χ1n) is 4.63. The van der Waals surface area contributed by atoms with Crippen molar-refractivity contribution in [1.29, 1.82) is 0 Å². The Hall–Kier alpha value is -0.290. The summed E-state index contributed by atoms with van der Waals surface area (Å²) in [5, 5.41) is 2.23. The van der Waals surface area contributed by atoms with Crippen LogP contribution in [0.15, 0.2) is 0 Å². The van der Waals surface area contributed by atoms with E-state index in [1.54, 1.807) is 0 Å². The highest BCUT2D eigenvalue weighted by Gasteiger charge is 2.39. The van der Waals surface area contributed by atoms with Gasteiger partial charge < -0.3 is 5.32 Å². The van der Waals surface area contributed by atoms with E-state index in [0.717, 1.165) is 12.8 Å². The second-order valence-electron chi connectivity index (χ2n) is 3.98. The summed E-state index contributed by atoms with van der Waals surface area (Å²) >= 11 is 5.84. The lowest BCUT2D eigenvalue weighted by atomic mass is 10.2. The largest absolute Gasteiger partial charge is 0.351 e. The van der Waals surface area contributed by atoms with Gasteiger partial charge in [0.1, 0.15) is 0 Å². The zero-order valence-corrected chi connectivity index (χ0v) is 9.14. The standard InChI is InChI=1S/C8H12ClNO3S/c9-6-3-14(12,13)4-7(6)10-8(11)5-1-2-5/h5-7H,1-4H2,(H,10,11). The van der Waals surface area contributed by atoms with Crippen molar-refractivity contribution in [2.45, 2.75) is 24.3 Å². The van der Waals surface area contributed by atoms with Gasteiger partial charge in [0, 0.05) is 5.92 Å². The summed E-state index contributed by atoms with van der Waals surface area (Å²) in [5.74, 6) is 0.0176. The van der Waals surface area contributed by atoms with E-state index in [1.165, 1.54) is 0 Å². The van der Waals surface area contributed by atoms with Crippen LogP contribution in [-0.2, 0) is 14.6 Å². The fourth-order valence-electron chi connectivity index (χ4n) is 1.58. The molecule has 0 aromatic carbocycles. The number of sulfone groups is 1. The minimum Gasteiger partial charge on any atom is -0.351 e. The lowest BCUT2D eigenvalue weighted by Gasteiger charge is -2.13. The number of alkyl halides is 1. The molecule has 0 aromatic heterocycles. The normalized spacial score (nSPS) is 35.5. The number of amides is 1. The molecule has 4 nitrogen and oxygen atoms in total. The molecule has 2 aliphatic rings. The molecule has 14 heavy (non-hydrogen) atoms. The summed E-state index contributed by atoms with van der Waals surface area (Å²) in [7, 11) is -3.04. The van der Waals surface area contributed by atoms with E-state index in [1.807, 2.05) is 0 Å². The van der Waals surface area contributed by atoms with E-state index < -0.39 is 21.3 Å². The van der Waals surface area contributed by atoms with E-state index in [2.05, 4.69) is 5.32 Å². The van der Waals surface area contributed by atoms with Gasteiger partial charge in [0.15, 0.2) is 9.84 Å². The molecule has 2 fully saturated rings. The van der Waals surface area contributed by atoms with Gasteiger partial charge in [-0.15, -0.1) is 11.6 Å². The van der Waals surface area contributed by atoms with Crippen molar-refractivity contribution >= 4 is 27.3 Å². The van der Waals surface area contributed by atoms with Crippen molar-refractivity contribution in [3.05, 3.63) is 0 Å². The first-order chi connectivity index (χ1) is 6.48. The van der Waals surface area contributed by atoms with Gasteiger partial charge >= 0.3 is 0 Å². The van der Waals surface area contributed by atoms with Crippen molar-refractivity contribution in [3.8, 4) is 0 Å². The molecule has 80 valence electrons. The van der Waals surface area contributed by atoms with Crippen LogP contribution >= 0.6 is 11.6 Å². The predicted octanol–water partition coefficient (Wildman–Crippen LogP) is -0.0830. The molecule has 0 bridgehead atoms. The Morgan fingerprint density at radius 3 is 2.36 bits per heavy atom. The highest BCUT2D eigenvalue weighted by atomic mass is 35.5. The van der Waals surface area contributed by atoms with Crippen molar-refractivity contribution in [2.24, 2.45) is 5.92 Å². The van der Waals surface area contributed by atoms with Gasteiger partial charge in [-0.3, -0.25) is 4.79 Å². The maximum atomic E-state index is 11.4. The van der Waals surface area contributed by atoms with Gasteiger partial charge in [-0.1, -0.05) is 0 Å². The molecule has 1 N–H and O–H groups in total. The number of nitrogens with one attached hydrogen (secondary N) is 1. The molecule has 1 aliphatic heterocycles. The summed E-state index contributed by atoms with van der Waals surface area (Å²) in [6, 6.07) is -0.394. The van der Waals surface area contributed by atoms with Gasteiger partial charge in [-0.05, 0) is 12.8 Å². The monoisotopic (exact) mass is 237 g/mol. The minimum atomic E-state index is -3.04. The molecule has 1 saturated heterocycles. The molecule has 0 aromatic rings. The molecule has 1 heterocycles. The molecular formula is C8H12ClNO3S. The van der Waals surface area contributed by atoms with Gasteiger partial charge in [0.05, 0.1) is 22.9 Å². The number of hydrogen-bond donors (Lipinski definition) is 1. The Morgan fingerprint density at radius 1 is 1.29 bits per heavy atom. The Kier molecular flexibility index (Phi) is 2.47. The van der Waals surface area contributed by atoms with Crippen LogP contribution < -0.4 is 5.32 Å². The van der Waals surface area contributed by atoms with Crippen LogP contribution in [0.2, 0.25) is 0 Å². The number of rotatable bonds is 2. The van der Waals surface area contributed by atoms with Crippen LogP contribution in [0.4, 0.5) is 0 Å². The number of halogens is 1. The third kappa shape index (κ3) is 2.20. The average Bonchev–Trinajstić information content (AvgIpc) is 2.79. The van der Waals surface area contributed by atoms with E-state index in [-0.39, 0.29) is 23.3 Å². The SMILES string of the molecule is O=C(NC1CS(=O)(=O)CC1Cl)C1CC1. The fraction of sp³-hybridized carbons (Fsp3) is 0.875. The third-order valence-corrected chi connectivity index (χ3v) is 4.93. The van der Waals surface area contributed by atoms with Gasteiger partial charge in [-0.2, -0.15) is 0 Å². The van der Waals surface area contributed by atoms with Gasteiger partial charge in [0.2, 0.25) is 5.91 Å². The maximum absolute atomic E-state index is 11.4. The van der Waals surface area contributed by atoms with E-state index in [9.17, 15) is 13.2 Å². The summed E-state index contributed by atoms with van der Waals surface area (Å²) in [5.41, 5.74) is 0. The average molecular weight is 238 g/mol. The Balaban J connectivity index is 1.95. The lowest BCUT2D eigenvalue weighted by molar-refractivity contribution is -0.122. The number of hydrogen-bond acceptors (Lipinski definition) is 3. The van der Waals surface area contributed by atoms with Crippen LogP contribution in [0.1, 0.15) is 12.8 Å². The first-order valence-corrected chi connectivity index (χ1v) is 6.88. The van der Waals surface area contributed by atoms with Crippen LogP contribution in [0.25, 0.3) is 0 Å². The molecule has 0 radical (unpaired) electrons. The smallest absolute Gasteiger partial charge is 0.223 e. The van der Waals surface area contributed by atoms with Gasteiger partial charge in [-0.25, -0.2) is 8.42 Å². The van der Waals surface area contributed by atoms with Crippen molar-refractivity contribution in [2.75, 3.05) is 11.5 Å². The molecule has 2 unspecified atom stereocenters. The summed E-state index contributed by atoms with van der Waals surface area (Å²) in [4.78, 5) is 11.4. The van der Waals surface area contributed by atoms with Gasteiger partial charge in [0.25, 0.3) is 0 Å². The predicted molar refractivity (Wildman–Crippen MR) is 52.9 cm³/mol. The zero-order valence-electron chi connectivity index (χ0n) is 7.57. The first kappa shape index (κ1) is 10.2. The minimum absolute atomic E-state index is 0.0143. The highest BCUT2D eigenvalue weighted by molar-refractivity contribution is 7.91. The lowest BCUT2D eigenvalue weighted by Crippen LogP contribution is -2.41. The van der Waals surface area contributed by atoms with Crippen molar-refractivity contribution < 1.29 is 13.2 Å². The maximum Gasteiger partial charge on any atom is 0.223 e. The number of carbonyl (C=O) groups excluding carboxylic acids is 1. The molecule has 1 saturated carbocycles. The topological polar surface area (TPSA) is 63.2 Å². The van der Waals surface area contributed by atoms with E-state index >= 15 is 0 Å². The second kappa shape index (κ2) is 3.38. The second-order valence-corrected chi connectivity index (χ2v) is 6.70. The zero-order chi connectivity index (χ0) is 10.3. The summed E-state index contributed by atoms with van der Waals surface area (Å²) < 4.78 is 22.4. The van der Waals surface area contributed by atoms with Crippen LogP contribution in [0, 0.1) is 5.92 Å². The number of carbonyl (C=O) groups is 1. The highest BCUT2D eigenvalue weighted by Crippen LogP contribution is 2.29. The molecule has 6 heteroatoms. The molecular weight excluding hydrogens is 226 g/mol. The van der Waals surface area contributed by atoms with E-state index in [0.29, 0.717) is 0 Å². The molecule has 1 aliphatic carbocycles. The quantitative estimate of drug-likeness (QED) is 0.684. The van der Waals surface area contributed by atoms with Crippen LogP contribution in [0.5, 0.6) is 0 Å². The molecule has 0 spiro atoms. The van der Waals surface area contributed by atoms with Crippen LogP contribution in [0.3, 0.4) is 0 Å². The Morgan fingerprint density at radius 2 is 1.93 bits per heavy atom. The fourth-order valence-corrected chi connectivity index (χ4v) is 4.13. The molecule has 2 rings (SSSR count). The molecule has 2 atom stereocenters. The van der Waals surface area contributed by atoms with E-state index in [4.69, 9.17) is 11.6 Å². The summed E-state index contributed by atoms with van der Waals surface area (Å²) in [6.45, 7) is 0. The third-order valence-electron chi connectivity index (χ3n) is 2.56. The van der Waals surface area contributed by atoms with Crippen molar-refractivity contribution in [1.82, 2.24) is 5.32 Å². The summed E-state index contributed by atoms with van der Waals surface area (Å²) in [6.07, 6.45) is 1.83. The Labute approximate surface area is 87.9 Å². The van der Waals surface area contributed by atoms with Crippen LogP contribution in [-0.4, -0.2) is 37.2 Å². The Bertz CT molecular complexity index is 350. The van der Waals surface area contributed by atoms with Crippen molar-refractivity contribution in [3.63, 3.8) is 0 Å².